The van der Waals surface area contributed by atoms with Crippen molar-refractivity contribution in [3.05, 3.63) is 35.5 Å². The fourth-order valence-corrected chi connectivity index (χ4v) is 2.85. The Hall–Kier alpha value is -1.79. The summed E-state index contributed by atoms with van der Waals surface area (Å²) < 4.78 is 0. The minimum atomic E-state index is 0.719. The number of aromatic amines is 1. The van der Waals surface area contributed by atoms with Crippen molar-refractivity contribution in [3.8, 4) is 6.07 Å². The van der Waals surface area contributed by atoms with Crippen LogP contribution in [0.1, 0.15) is 30.5 Å². The van der Waals surface area contributed by atoms with Gasteiger partial charge in [-0.3, -0.25) is 0 Å². The standard InChI is InChI=1S/C16H19N3/c17-12-13-4-5-14-11-15(18-16(14)10-13)6-9-19-7-2-1-3-8-19/h4-5,10-11,18H,1-3,6-9H2. The maximum absolute atomic E-state index is 8.91. The smallest absolute Gasteiger partial charge is 0.0992 e. The van der Waals surface area contributed by atoms with Gasteiger partial charge in [-0.15, -0.1) is 0 Å². The third kappa shape index (κ3) is 2.80. The molecule has 1 saturated heterocycles. The Labute approximate surface area is 113 Å². The van der Waals surface area contributed by atoms with Crippen LogP contribution < -0.4 is 0 Å². The van der Waals surface area contributed by atoms with Gasteiger partial charge in [-0.05, 0) is 49.5 Å². The molecule has 98 valence electrons. The third-order valence-corrected chi connectivity index (χ3v) is 3.95. The minimum absolute atomic E-state index is 0.719. The van der Waals surface area contributed by atoms with Gasteiger partial charge in [-0.25, -0.2) is 0 Å². The van der Waals surface area contributed by atoms with Crippen LogP contribution in [0.5, 0.6) is 0 Å². The number of benzene rings is 1. The highest BCUT2D eigenvalue weighted by molar-refractivity contribution is 5.81. The van der Waals surface area contributed by atoms with Gasteiger partial charge >= 0.3 is 0 Å². The van der Waals surface area contributed by atoms with Gasteiger partial charge in [0.15, 0.2) is 0 Å². The molecule has 1 aliphatic rings. The first-order valence-corrected chi connectivity index (χ1v) is 7.09. The second-order valence-electron chi connectivity index (χ2n) is 5.36. The molecule has 0 spiro atoms. The van der Waals surface area contributed by atoms with Crippen molar-refractivity contribution in [3.63, 3.8) is 0 Å². The van der Waals surface area contributed by atoms with E-state index in [0.717, 1.165) is 24.0 Å². The van der Waals surface area contributed by atoms with Crippen LogP contribution >= 0.6 is 0 Å². The van der Waals surface area contributed by atoms with E-state index in [1.165, 1.54) is 43.4 Å². The van der Waals surface area contributed by atoms with Gasteiger partial charge in [0, 0.05) is 24.2 Å². The molecule has 19 heavy (non-hydrogen) atoms. The van der Waals surface area contributed by atoms with E-state index in [2.05, 4.69) is 22.0 Å². The van der Waals surface area contributed by atoms with Crippen molar-refractivity contribution in [2.24, 2.45) is 0 Å². The van der Waals surface area contributed by atoms with Crippen LogP contribution in [0.2, 0.25) is 0 Å². The fraction of sp³-hybridized carbons (Fsp3) is 0.438. The van der Waals surface area contributed by atoms with Crippen LogP contribution in [0.3, 0.4) is 0 Å². The quantitative estimate of drug-likeness (QED) is 0.913. The molecule has 1 fully saturated rings. The number of nitrogens with one attached hydrogen (secondary N) is 1. The van der Waals surface area contributed by atoms with E-state index in [1.807, 2.05) is 18.2 Å². The number of hydrogen-bond acceptors (Lipinski definition) is 2. The Balaban J connectivity index is 1.69. The Morgan fingerprint density at radius 1 is 1.16 bits per heavy atom. The average molecular weight is 253 g/mol. The number of aromatic nitrogens is 1. The molecule has 1 aromatic heterocycles. The molecule has 0 amide bonds. The molecular formula is C16H19N3. The average Bonchev–Trinajstić information content (AvgIpc) is 2.88. The summed E-state index contributed by atoms with van der Waals surface area (Å²) in [6.07, 6.45) is 5.15. The molecule has 0 bridgehead atoms. The van der Waals surface area contributed by atoms with Crippen molar-refractivity contribution < 1.29 is 0 Å². The summed E-state index contributed by atoms with van der Waals surface area (Å²) >= 11 is 0. The van der Waals surface area contributed by atoms with E-state index in [0.29, 0.717) is 0 Å². The van der Waals surface area contributed by atoms with Gasteiger partial charge in [0.25, 0.3) is 0 Å². The molecule has 1 aromatic carbocycles. The number of fused-ring (bicyclic) bond motifs is 1. The van der Waals surface area contributed by atoms with Crippen molar-refractivity contribution in [2.45, 2.75) is 25.7 Å². The maximum Gasteiger partial charge on any atom is 0.0992 e. The Kier molecular flexibility index (Phi) is 3.52. The molecular weight excluding hydrogens is 234 g/mol. The topological polar surface area (TPSA) is 42.8 Å². The number of piperidine rings is 1. The van der Waals surface area contributed by atoms with Gasteiger partial charge < -0.3 is 9.88 Å². The molecule has 2 aromatic rings. The molecule has 0 radical (unpaired) electrons. The number of likely N-dealkylation sites (tertiary alicyclic amines) is 1. The van der Waals surface area contributed by atoms with Gasteiger partial charge in [-0.1, -0.05) is 12.5 Å². The summed E-state index contributed by atoms with van der Waals surface area (Å²) in [6, 6.07) is 10.2. The van der Waals surface area contributed by atoms with E-state index >= 15 is 0 Å². The molecule has 0 unspecified atom stereocenters. The zero-order valence-electron chi connectivity index (χ0n) is 11.2. The highest BCUT2D eigenvalue weighted by atomic mass is 15.1. The predicted octanol–water partition coefficient (Wildman–Crippen LogP) is 3.07. The summed E-state index contributed by atoms with van der Waals surface area (Å²) in [5, 5.41) is 10.1. The second kappa shape index (κ2) is 5.46. The number of nitrogens with zero attached hydrogens (tertiary/aromatic N) is 2. The highest BCUT2D eigenvalue weighted by Gasteiger charge is 2.10. The number of nitriles is 1. The summed E-state index contributed by atoms with van der Waals surface area (Å²) in [6.45, 7) is 3.63. The lowest BCUT2D eigenvalue weighted by molar-refractivity contribution is 0.231. The van der Waals surface area contributed by atoms with Gasteiger partial charge in [0.2, 0.25) is 0 Å². The van der Waals surface area contributed by atoms with Crippen molar-refractivity contribution >= 4 is 10.9 Å². The number of rotatable bonds is 3. The third-order valence-electron chi connectivity index (χ3n) is 3.95. The summed E-state index contributed by atoms with van der Waals surface area (Å²) in [5.41, 5.74) is 3.07. The van der Waals surface area contributed by atoms with Crippen LogP contribution in [0.15, 0.2) is 24.3 Å². The van der Waals surface area contributed by atoms with E-state index in [-0.39, 0.29) is 0 Å². The lowest BCUT2D eigenvalue weighted by atomic mass is 10.1. The van der Waals surface area contributed by atoms with E-state index < -0.39 is 0 Å². The van der Waals surface area contributed by atoms with E-state index in [4.69, 9.17) is 5.26 Å². The summed E-state index contributed by atoms with van der Waals surface area (Å²) in [4.78, 5) is 5.98. The summed E-state index contributed by atoms with van der Waals surface area (Å²) in [7, 11) is 0. The minimum Gasteiger partial charge on any atom is -0.358 e. The largest absolute Gasteiger partial charge is 0.358 e. The first kappa shape index (κ1) is 12.3. The lowest BCUT2D eigenvalue weighted by Gasteiger charge is -2.25. The highest BCUT2D eigenvalue weighted by Crippen LogP contribution is 2.18. The van der Waals surface area contributed by atoms with Gasteiger partial charge in [0.05, 0.1) is 11.6 Å². The molecule has 3 nitrogen and oxygen atoms in total. The van der Waals surface area contributed by atoms with E-state index in [9.17, 15) is 0 Å². The SMILES string of the molecule is N#Cc1ccc2cc(CCN3CCCCC3)[nH]c2c1. The van der Waals surface area contributed by atoms with Crippen LogP contribution in [0.25, 0.3) is 10.9 Å². The Morgan fingerprint density at radius 3 is 2.79 bits per heavy atom. The normalized spacial score (nSPS) is 16.6. The molecule has 0 saturated carbocycles. The fourth-order valence-electron chi connectivity index (χ4n) is 2.85. The van der Waals surface area contributed by atoms with E-state index in [1.54, 1.807) is 0 Å². The van der Waals surface area contributed by atoms with Crippen LogP contribution in [0, 0.1) is 11.3 Å². The second-order valence-corrected chi connectivity index (χ2v) is 5.36. The Bertz CT molecular complexity index is 600. The van der Waals surface area contributed by atoms with Crippen LogP contribution in [0.4, 0.5) is 0 Å². The number of hydrogen-bond donors (Lipinski definition) is 1. The monoisotopic (exact) mass is 253 g/mol. The molecule has 0 atom stereocenters. The predicted molar refractivity (Wildman–Crippen MR) is 77.0 cm³/mol. The first-order valence-electron chi connectivity index (χ1n) is 7.09. The van der Waals surface area contributed by atoms with Crippen LogP contribution in [-0.4, -0.2) is 29.5 Å². The van der Waals surface area contributed by atoms with Gasteiger partial charge in [0.1, 0.15) is 0 Å². The molecule has 2 heterocycles. The molecule has 3 heteroatoms. The van der Waals surface area contributed by atoms with Crippen LogP contribution in [-0.2, 0) is 6.42 Å². The number of H-pyrrole nitrogens is 1. The van der Waals surface area contributed by atoms with Crippen molar-refractivity contribution in [1.82, 2.24) is 9.88 Å². The molecule has 3 rings (SSSR count). The molecule has 0 aliphatic carbocycles. The molecule has 1 N–H and O–H groups in total. The zero-order chi connectivity index (χ0) is 13.1. The maximum atomic E-state index is 8.91. The zero-order valence-corrected chi connectivity index (χ0v) is 11.2. The van der Waals surface area contributed by atoms with Gasteiger partial charge in [-0.2, -0.15) is 5.26 Å². The van der Waals surface area contributed by atoms with Crippen molar-refractivity contribution in [1.29, 1.82) is 5.26 Å². The first-order chi connectivity index (χ1) is 9.35. The Morgan fingerprint density at radius 2 is 2.00 bits per heavy atom. The molecule has 1 aliphatic heterocycles. The summed E-state index contributed by atoms with van der Waals surface area (Å²) in [5.74, 6) is 0. The van der Waals surface area contributed by atoms with Crippen molar-refractivity contribution in [2.75, 3.05) is 19.6 Å². The lowest BCUT2D eigenvalue weighted by Crippen LogP contribution is -2.31.